The van der Waals surface area contributed by atoms with Gasteiger partial charge >= 0.3 is 0 Å². The minimum Gasteiger partial charge on any atom is -0.379 e. The summed E-state index contributed by atoms with van der Waals surface area (Å²) in [5.41, 5.74) is 1.21. The largest absolute Gasteiger partial charge is 0.379 e. The first-order valence-electron chi connectivity index (χ1n) is 8.82. The summed E-state index contributed by atoms with van der Waals surface area (Å²) in [5.74, 6) is 0.393. The molecule has 1 heterocycles. The van der Waals surface area contributed by atoms with Gasteiger partial charge in [-0.25, -0.2) is 0 Å². The first kappa shape index (κ1) is 16.5. The summed E-state index contributed by atoms with van der Waals surface area (Å²) in [5, 5.41) is 14.0. The molecule has 4 nitrogen and oxygen atoms in total. The number of amides is 1. The quantitative estimate of drug-likeness (QED) is 0.847. The van der Waals surface area contributed by atoms with Crippen molar-refractivity contribution in [3.63, 3.8) is 0 Å². The number of aliphatic hydroxyl groups is 1. The molecule has 0 bridgehead atoms. The Morgan fingerprint density at radius 2 is 2.00 bits per heavy atom. The van der Waals surface area contributed by atoms with Gasteiger partial charge in [-0.1, -0.05) is 38.1 Å². The molecule has 0 radical (unpaired) electrons. The van der Waals surface area contributed by atoms with Crippen molar-refractivity contribution in [2.45, 2.75) is 63.6 Å². The van der Waals surface area contributed by atoms with Gasteiger partial charge in [0.2, 0.25) is 0 Å². The van der Waals surface area contributed by atoms with E-state index in [1.54, 1.807) is 0 Å². The Morgan fingerprint density at radius 3 is 2.61 bits per heavy atom. The molecule has 1 aliphatic heterocycles. The van der Waals surface area contributed by atoms with Gasteiger partial charge in [0, 0.05) is 25.7 Å². The van der Waals surface area contributed by atoms with Gasteiger partial charge in [0.1, 0.15) is 0 Å². The molecule has 1 aromatic carbocycles. The average molecular weight is 316 g/mol. The van der Waals surface area contributed by atoms with Gasteiger partial charge in [0.25, 0.3) is 5.91 Å². The van der Waals surface area contributed by atoms with Crippen LogP contribution in [0, 0.1) is 0 Å². The second-order valence-corrected chi connectivity index (χ2v) is 7.41. The molecule has 0 unspecified atom stereocenters. The van der Waals surface area contributed by atoms with Crippen molar-refractivity contribution in [2.24, 2.45) is 0 Å². The van der Waals surface area contributed by atoms with Crippen LogP contribution < -0.4 is 5.32 Å². The van der Waals surface area contributed by atoms with Crippen LogP contribution in [0.3, 0.4) is 0 Å². The molecule has 0 spiro atoms. The first-order chi connectivity index (χ1) is 11.0. The van der Waals surface area contributed by atoms with Crippen LogP contribution >= 0.6 is 0 Å². The number of nitrogens with one attached hydrogen (secondary N) is 1. The van der Waals surface area contributed by atoms with Crippen molar-refractivity contribution >= 4 is 5.91 Å². The molecule has 1 aromatic rings. The van der Waals surface area contributed by atoms with E-state index < -0.39 is 5.60 Å². The van der Waals surface area contributed by atoms with Crippen LogP contribution in [-0.4, -0.2) is 40.6 Å². The first-order valence-corrected chi connectivity index (χ1v) is 8.82. The molecular weight excluding hydrogens is 288 g/mol. The maximum atomic E-state index is 12.7. The van der Waals surface area contributed by atoms with E-state index in [1.165, 1.54) is 5.56 Å². The summed E-state index contributed by atoms with van der Waals surface area (Å²) in [6, 6.07) is 8.97. The van der Waals surface area contributed by atoms with Crippen molar-refractivity contribution in [3.05, 3.63) is 35.4 Å². The second kappa shape index (κ2) is 6.62. The molecule has 1 atom stereocenters. The Balaban J connectivity index is 1.63. The lowest BCUT2D eigenvalue weighted by atomic mass is 9.91. The number of nitrogens with zero attached hydrogens (tertiary/aromatic N) is 1. The van der Waals surface area contributed by atoms with Crippen molar-refractivity contribution < 1.29 is 9.90 Å². The molecule has 3 rings (SSSR count). The summed E-state index contributed by atoms with van der Waals surface area (Å²) in [7, 11) is 0. The van der Waals surface area contributed by atoms with Gasteiger partial charge < -0.3 is 15.3 Å². The Kier molecular flexibility index (Phi) is 4.74. The molecule has 2 N–H and O–H groups in total. The number of hydrogen-bond acceptors (Lipinski definition) is 3. The number of rotatable bonds is 6. The summed E-state index contributed by atoms with van der Waals surface area (Å²) < 4.78 is 0. The topological polar surface area (TPSA) is 52.6 Å². The van der Waals surface area contributed by atoms with Gasteiger partial charge in [-0.2, -0.15) is 0 Å². The van der Waals surface area contributed by atoms with Crippen molar-refractivity contribution in [1.29, 1.82) is 0 Å². The van der Waals surface area contributed by atoms with Crippen molar-refractivity contribution in [1.82, 2.24) is 10.2 Å². The summed E-state index contributed by atoms with van der Waals surface area (Å²) in [6.45, 7) is 6.06. The molecule has 4 heteroatoms. The van der Waals surface area contributed by atoms with Crippen LogP contribution in [0.2, 0.25) is 0 Å². The minimum absolute atomic E-state index is 0.121. The maximum absolute atomic E-state index is 12.7. The van der Waals surface area contributed by atoms with Crippen LogP contribution in [0.15, 0.2) is 24.3 Å². The second-order valence-electron chi connectivity index (χ2n) is 7.41. The van der Waals surface area contributed by atoms with Crippen LogP contribution in [0.25, 0.3) is 0 Å². The van der Waals surface area contributed by atoms with E-state index in [1.807, 2.05) is 4.90 Å². The van der Waals surface area contributed by atoms with Crippen LogP contribution in [0.4, 0.5) is 0 Å². The van der Waals surface area contributed by atoms with E-state index in [2.05, 4.69) is 43.4 Å². The minimum atomic E-state index is -1.22. The lowest BCUT2D eigenvalue weighted by Gasteiger charge is -2.38. The lowest BCUT2D eigenvalue weighted by Crippen LogP contribution is -2.57. The smallest absolute Gasteiger partial charge is 0.256 e. The fourth-order valence-electron chi connectivity index (χ4n) is 3.21. The SMILES string of the molecule is CC(C)c1ccc(CN2CCC[C@@](O)(CNC3CC3)C2=O)cc1. The number of benzene rings is 1. The molecular formula is C19H28N2O2. The van der Waals surface area contributed by atoms with E-state index in [9.17, 15) is 9.90 Å². The van der Waals surface area contributed by atoms with Gasteiger partial charge in [0.05, 0.1) is 0 Å². The zero-order chi connectivity index (χ0) is 16.4. The predicted octanol–water partition coefficient (Wildman–Crippen LogP) is 2.42. The predicted molar refractivity (Wildman–Crippen MR) is 91.2 cm³/mol. The molecule has 126 valence electrons. The number of piperidine rings is 1. The third-order valence-electron chi connectivity index (χ3n) is 4.98. The molecule has 1 amide bonds. The van der Waals surface area contributed by atoms with E-state index in [-0.39, 0.29) is 5.91 Å². The molecule has 2 aliphatic rings. The molecule has 2 fully saturated rings. The molecule has 1 aliphatic carbocycles. The highest BCUT2D eigenvalue weighted by Crippen LogP contribution is 2.26. The Hall–Kier alpha value is -1.39. The summed E-state index contributed by atoms with van der Waals surface area (Å²) >= 11 is 0. The highest BCUT2D eigenvalue weighted by molar-refractivity contribution is 5.86. The van der Waals surface area contributed by atoms with E-state index in [0.717, 1.165) is 31.4 Å². The number of hydrogen-bond donors (Lipinski definition) is 2. The molecule has 1 saturated heterocycles. The normalized spacial score (nSPS) is 25.2. The summed E-state index contributed by atoms with van der Waals surface area (Å²) in [6.07, 6.45) is 3.75. The maximum Gasteiger partial charge on any atom is 0.256 e. The Morgan fingerprint density at radius 1 is 1.30 bits per heavy atom. The number of carbonyl (C=O) groups excluding carboxylic acids is 1. The molecule has 23 heavy (non-hydrogen) atoms. The standard InChI is InChI=1S/C19H28N2O2/c1-14(2)16-6-4-15(5-7-16)12-21-11-3-10-19(23,18(21)22)13-20-17-8-9-17/h4-7,14,17,20,23H,3,8-13H2,1-2H3/t19-/m1/s1. The van der Waals surface area contributed by atoms with Gasteiger partial charge in [0.15, 0.2) is 5.60 Å². The highest BCUT2D eigenvalue weighted by atomic mass is 16.3. The van der Waals surface area contributed by atoms with E-state index in [4.69, 9.17) is 0 Å². The fourth-order valence-corrected chi connectivity index (χ4v) is 3.21. The van der Waals surface area contributed by atoms with Crippen LogP contribution in [0.1, 0.15) is 56.6 Å². The molecule has 0 aromatic heterocycles. The van der Waals surface area contributed by atoms with E-state index in [0.29, 0.717) is 31.5 Å². The van der Waals surface area contributed by atoms with Crippen LogP contribution in [0.5, 0.6) is 0 Å². The number of likely N-dealkylation sites (tertiary alicyclic amines) is 1. The van der Waals surface area contributed by atoms with Crippen molar-refractivity contribution in [3.8, 4) is 0 Å². The monoisotopic (exact) mass is 316 g/mol. The highest BCUT2D eigenvalue weighted by Gasteiger charge is 2.42. The van der Waals surface area contributed by atoms with Gasteiger partial charge in [-0.15, -0.1) is 0 Å². The lowest BCUT2D eigenvalue weighted by molar-refractivity contribution is -0.157. The van der Waals surface area contributed by atoms with Gasteiger partial charge in [-0.3, -0.25) is 4.79 Å². The molecule has 1 saturated carbocycles. The van der Waals surface area contributed by atoms with E-state index >= 15 is 0 Å². The number of carbonyl (C=O) groups is 1. The third-order valence-corrected chi connectivity index (χ3v) is 4.98. The average Bonchev–Trinajstić information content (AvgIpc) is 3.35. The van der Waals surface area contributed by atoms with Crippen LogP contribution in [-0.2, 0) is 11.3 Å². The Bertz CT molecular complexity index is 551. The van der Waals surface area contributed by atoms with Crippen molar-refractivity contribution in [2.75, 3.05) is 13.1 Å². The third kappa shape index (κ3) is 3.93. The summed E-state index contributed by atoms with van der Waals surface area (Å²) in [4.78, 5) is 14.5. The Labute approximate surface area is 138 Å². The van der Waals surface area contributed by atoms with Gasteiger partial charge in [-0.05, 0) is 42.7 Å². The fraction of sp³-hybridized carbons (Fsp3) is 0.632. The zero-order valence-corrected chi connectivity index (χ0v) is 14.2. The zero-order valence-electron chi connectivity index (χ0n) is 14.2.